The Kier molecular flexibility index (Phi) is 13.4. The van der Waals surface area contributed by atoms with Crippen LogP contribution in [-0.2, 0) is 15.6 Å². The lowest BCUT2D eigenvalue weighted by atomic mass is 9.69. The molecule has 0 aromatic heterocycles. The monoisotopic (exact) mass is 886 g/mol. The third kappa shape index (κ3) is 9.15. The van der Waals surface area contributed by atoms with E-state index >= 15 is 9.13 Å². The molecule has 0 spiro atoms. The molecule has 1 fully saturated rings. The second kappa shape index (κ2) is 19.8. The molecule has 3 aliphatic rings. The smallest absolute Gasteiger partial charge is 0.171 e. The number of benzene rings is 8. The van der Waals surface area contributed by atoms with Gasteiger partial charge in [0.05, 0.1) is 7.18 Å². The van der Waals surface area contributed by atoms with Crippen LogP contribution in [0.5, 0.6) is 0 Å². The van der Waals surface area contributed by atoms with Crippen LogP contribution in [0.25, 0.3) is 33.4 Å². The van der Waals surface area contributed by atoms with E-state index in [9.17, 15) is 4.39 Å². The number of hydrogen-bond acceptors (Lipinski definition) is 2. The van der Waals surface area contributed by atoms with Crippen molar-refractivity contribution in [3.05, 3.63) is 242 Å². The predicted octanol–water partition coefficient (Wildman–Crippen LogP) is 13.3. The van der Waals surface area contributed by atoms with Crippen molar-refractivity contribution in [3.63, 3.8) is 0 Å². The van der Waals surface area contributed by atoms with E-state index in [0.717, 1.165) is 77.5 Å². The Bertz CT molecular complexity index is 2740. The van der Waals surface area contributed by atoms with Crippen LogP contribution in [0.4, 0.5) is 4.39 Å². The van der Waals surface area contributed by atoms with Gasteiger partial charge in [0.1, 0.15) is 0 Å². The maximum atomic E-state index is 15.2. The molecule has 3 aliphatic carbocycles. The number of hydrogen-bond donors (Lipinski definition) is 0. The SMILES string of the molecule is CF.O=P(c1ccccc1)(c1ccccc1)c1ccc(-c2cc(-c3ccc(C/C=C\C4CC5C=CC4CC5)cc3)cc(-c3ccc(P(=O)(c4ccccc4)c4ccccc4)cc3)c2)cc1. The zero-order valence-electron chi connectivity index (χ0n) is 36.7. The minimum Gasteiger partial charge on any atom is -0.309 e. The Balaban J connectivity index is 0.00000263. The molecular weight excluding hydrogens is 834 g/mol. The van der Waals surface area contributed by atoms with Crippen LogP contribution >= 0.6 is 14.3 Å². The first-order valence-corrected chi connectivity index (χ1v) is 26.0. The first-order valence-electron chi connectivity index (χ1n) is 22.6. The van der Waals surface area contributed by atoms with Gasteiger partial charge in [0.25, 0.3) is 0 Å². The van der Waals surface area contributed by atoms with Crippen molar-refractivity contribution < 1.29 is 13.5 Å². The summed E-state index contributed by atoms with van der Waals surface area (Å²) in [7, 11) is -5.74. The summed E-state index contributed by atoms with van der Waals surface area (Å²) in [5, 5.41) is 4.87. The first kappa shape index (κ1) is 43.9. The molecule has 0 N–H and O–H groups in total. The summed E-state index contributed by atoms with van der Waals surface area (Å²) >= 11 is 0. The summed E-state index contributed by atoms with van der Waals surface area (Å²) < 4.78 is 39.9. The number of alkyl halides is 1. The molecule has 3 atom stereocenters. The Labute approximate surface area is 384 Å². The van der Waals surface area contributed by atoms with Gasteiger partial charge < -0.3 is 9.13 Å². The fourth-order valence-corrected chi connectivity index (χ4v) is 15.0. The topological polar surface area (TPSA) is 34.1 Å². The van der Waals surface area contributed by atoms with Gasteiger partial charge >= 0.3 is 0 Å². The minimum atomic E-state index is -3.12. The van der Waals surface area contributed by atoms with Crippen molar-refractivity contribution in [3.8, 4) is 33.4 Å². The molecule has 322 valence electrons. The highest BCUT2D eigenvalue weighted by Gasteiger charge is 2.32. The van der Waals surface area contributed by atoms with E-state index in [1.54, 1.807) is 0 Å². The second-order valence-electron chi connectivity index (χ2n) is 17.1. The van der Waals surface area contributed by atoms with Crippen LogP contribution in [-0.4, -0.2) is 7.18 Å². The zero-order valence-corrected chi connectivity index (χ0v) is 38.5. The molecule has 3 unspecified atom stereocenters. The quantitative estimate of drug-likeness (QED) is 0.0905. The van der Waals surface area contributed by atoms with Gasteiger partial charge in [0.2, 0.25) is 0 Å². The first-order chi connectivity index (χ1) is 31.9. The molecule has 0 radical (unpaired) electrons. The molecule has 2 bridgehead atoms. The molecule has 5 heteroatoms. The third-order valence-corrected chi connectivity index (χ3v) is 19.3. The summed E-state index contributed by atoms with van der Waals surface area (Å²) in [6.45, 7) is 0. The Morgan fingerprint density at radius 3 is 1.11 bits per heavy atom. The van der Waals surface area contributed by atoms with Crippen LogP contribution in [0.2, 0.25) is 0 Å². The van der Waals surface area contributed by atoms with Gasteiger partial charge in [0, 0.05) is 31.8 Å². The van der Waals surface area contributed by atoms with Crippen molar-refractivity contribution in [2.24, 2.45) is 17.8 Å². The van der Waals surface area contributed by atoms with Gasteiger partial charge in [-0.2, -0.15) is 0 Å². The molecule has 65 heavy (non-hydrogen) atoms. The summed E-state index contributed by atoms with van der Waals surface area (Å²) in [4.78, 5) is 0. The van der Waals surface area contributed by atoms with Crippen LogP contribution in [0.3, 0.4) is 0 Å². The average molecular weight is 887 g/mol. The van der Waals surface area contributed by atoms with E-state index in [2.05, 4.69) is 91.0 Å². The number of fused-ring (bicyclic) bond motifs is 2. The lowest BCUT2D eigenvalue weighted by Gasteiger charge is -2.36. The molecular formula is C60H53FO2P2. The Hall–Kier alpha value is -6.37. The number of allylic oxidation sites excluding steroid dienone is 4. The van der Waals surface area contributed by atoms with Crippen LogP contribution in [0.1, 0.15) is 24.8 Å². The number of halogens is 1. The molecule has 0 aliphatic heterocycles. The van der Waals surface area contributed by atoms with Gasteiger partial charge in [-0.05, 0) is 101 Å². The molecule has 0 amide bonds. The molecule has 11 rings (SSSR count). The van der Waals surface area contributed by atoms with Gasteiger partial charge in [-0.15, -0.1) is 0 Å². The molecule has 2 nitrogen and oxygen atoms in total. The Morgan fingerprint density at radius 2 is 0.785 bits per heavy atom. The fraction of sp³-hybridized carbons (Fsp3) is 0.133. The van der Waals surface area contributed by atoms with E-state index < -0.39 is 14.3 Å². The second-order valence-corrected chi connectivity index (χ2v) is 22.6. The van der Waals surface area contributed by atoms with E-state index in [1.165, 1.54) is 24.8 Å². The predicted molar refractivity (Wildman–Crippen MR) is 275 cm³/mol. The summed E-state index contributed by atoms with van der Waals surface area (Å²) in [6, 6.07) is 71.7. The van der Waals surface area contributed by atoms with Gasteiger partial charge in [-0.25, -0.2) is 0 Å². The standard InChI is InChI=1S/C59H50O2P2.CH3F/c60-62(54-16-5-1-6-17-54,55-18-7-2-8-19-55)58-36-32-48(33-37-58)52-41-51(47-28-24-44(25-29-47)14-13-15-50-40-45-26-30-46(50)31-27-45)42-53(43-52)49-34-38-59(39-35-49)63(61,56-20-9-3-10-21-56)57-22-11-4-12-23-57;1-2/h1-13,15-26,28-30,32-39,41-43,45-46,50H,14,27,31,40H2;1H3/b15-13-;. The maximum absolute atomic E-state index is 15.2. The molecule has 1 saturated carbocycles. The average Bonchev–Trinajstić information content (AvgIpc) is 3.40. The highest BCUT2D eigenvalue weighted by molar-refractivity contribution is 7.85. The van der Waals surface area contributed by atoms with E-state index in [0.29, 0.717) is 19.0 Å². The lowest BCUT2D eigenvalue weighted by molar-refractivity contribution is 0.263. The lowest BCUT2D eigenvalue weighted by Crippen LogP contribution is -2.25. The molecule has 0 heterocycles. The maximum Gasteiger partial charge on any atom is 0.171 e. The third-order valence-electron chi connectivity index (χ3n) is 13.2. The van der Waals surface area contributed by atoms with Crippen LogP contribution in [0, 0.1) is 17.8 Å². The number of rotatable bonds is 12. The van der Waals surface area contributed by atoms with Crippen LogP contribution in [0.15, 0.2) is 237 Å². The molecule has 8 aromatic rings. The largest absolute Gasteiger partial charge is 0.309 e. The molecule has 8 aromatic carbocycles. The van der Waals surface area contributed by atoms with E-state index in [4.69, 9.17) is 0 Å². The Morgan fingerprint density at radius 1 is 0.431 bits per heavy atom. The van der Waals surface area contributed by atoms with Crippen molar-refractivity contribution in [1.82, 2.24) is 0 Å². The van der Waals surface area contributed by atoms with Gasteiger partial charge in [-0.1, -0.05) is 218 Å². The zero-order chi connectivity index (χ0) is 44.6. The van der Waals surface area contributed by atoms with E-state index in [-0.39, 0.29) is 0 Å². The summed E-state index contributed by atoms with van der Waals surface area (Å²) in [5.74, 6) is 2.14. The summed E-state index contributed by atoms with van der Waals surface area (Å²) in [6.07, 6.45) is 14.6. The van der Waals surface area contributed by atoms with Crippen molar-refractivity contribution in [1.29, 1.82) is 0 Å². The van der Waals surface area contributed by atoms with Crippen molar-refractivity contribution in [2.75, 3.05) is 7.18 Å². The minimum absolute atomic E-state index is 0.500. The normalized spacial score (nSPS) is 16.8. The highest BCUT2D eigenvalue weighted by atomic mass is 31.2. The van der Waals surface area contributed by atoms with Gasteiger partial charge in [0.15, 0.2) is 14.3 Å². The summed E-state index contributed by atoms with van der Waals surface area (Å²) in [5.41, 5.74) is 7.76. The highest BCUT2D eigenvalue weighted by Crippen LogP contribution is 2.45. The van der Waals surface area contributed by atoms with Gasteiger partial charge in [-0.3, -0.25) is 4.39 Å². The van der Waals surface area contributed by atoms with E-state index in [1.807, 2.05) is 146 Å². The van der Waals surface area contributed by atoms with Crippen molar-refractivity contribution >= 4 is 46.1 Å². The van der Waals surface area contributed by atoms with Crippen LogP contribution < -0.4 is 31.8 Å². The van der Waals surface area contributed by atoms with Crippen molar-refractivity contribution in [2.45, 2.75) is 25.7 Å². The molecule has 0 saturated heterocycles. The fourth-order valence-electron chi connectivity index (χ4n) is 9.71.